The van der Waals surface area contributed by atoms with Crippen molar-refractivity contribution in [3.8, 4) is 11.9 Å². The second kappa shape index (κ2) is 10.5. The first-order valence-corrected chi connectivity index (χ1v) is 9.66. The molecule has 1 amide bonds. The van der Waals surface area contributed by atoms with Crippen molar-refractivity contribution in [2.45, 2.75) is 25.7 Å². The van der Waals surface area contributed by atoms with Gasteiger partial charge in [0.05, 0.1) is 12.8 Å². The largest absolute Gasteiger partial charge is 0.497 e. The molecule has 0 bridgehead atoms. The highest BCUT2D eigenvalue weighted by atomic mass is 32.2. The van der Waals surface area contributed by atoms with Gasteiger partial charge in [0.15, 0.2) is 11.4 Å². The number of rotatable bonds is 7. The molecule has 1 aliphatic rings. The van der Waals surface area contributed by atoms with Crippen LogP contribution in [0.5, 0.6) is 5.75 Å². The zero-order valence-electron chi connectivity index (χ0n) is 15.1. The van der Waals surface area contributed by atoms with Crippen molar-refractivity contribution < 1.29 is 9.53 Å². The zero-order valence-corrected chi connectivity index (χ0v) is 15.9. The number of aliphatic imine (C=N–C) groups is 1. The van der Waals surface area contributed by atoms with E-state index in [1.165, 1.54) is 11.8 Å². The predicted octanol–water partition coefficient (Wildman–Crippen LogP) is 2.59. The number of hydrogen-bond donors (Lipinski definition) is 1. The minimum absolute atomic E-state index is 0.0571. The van der Waals surface area contributed by atoms with Gasteiger partial charge < -0.3 is 4.74 Å². The van der Waals surface area contributed by atoms with Crippen molar-refractivity contribution in [2.24, 2.45) is 10.1 Å². The first-order chi connectivity index (χ1) is 12.7. The van der Waals surface area contributed by atoms with Crippen LogP contribution in [0.25, 0.3) is 0 Å². The zero-order chi connectivity index (χ0) is 18.8. The number of amidine groups is 1. The summed E-state index contributed by atoms with van der Waals surface area (Å²) >= 11 is 1.40. The molecule has 0 fully saturated rings. The molecule has 1 heterocycles. The molecule has 0 aliphatic carbocycles. The summed E-state index contributed by atoms with van der Waals surface area (Å²) in [7, 11) is 1.64. The van der Waals surface area contributed by atoms with Gasteiger partial charge in [0, 0.05) is 25.9 Å². The molecule has 138 valence electrons. The van der Waals surface area contributed by atoms with Crippen molar-refractivity contribution in [1.29, 1.82) is 5.26 Å². The monoisotopic (exact) mass is 373 g/mol. The van der Waals surface area contributed by atoms with Gasteiger partial charge in [-0.25, -0.2) is 5.01 Å². The highest BCUT2D eigenvalue weighted by Gasteiger charge is 2.20. The molecule has 1 aromatic rings. The third-order valence-electron chi connectivity index (χ3n) is 3.92. The third-order valence-corrected chi connectivity index (χ3v) is 4.54. The van der Waals surface area contributed by atoms with E-state index in [0.717, 1.165) is 29.9 Å². The minimum Gasteiger partial charge on any atom is -0.497 e. The quantitative estimate of drug-likeness (QED) is 0.261. The van der Waals surface area contributed by atoms with Crippen LogP contribution in [0.2, 0.25) is 0 Å². The molecule has 0 saturated carbocycles. The van der Waals surface area contributed by atoms with E-state index < -0.39 is 0 Å². The molecule has 0 atom stereocenters. The Bertz CT molecular complexity index is 709. The van der Waals surface area contributed by atoms with Gasteiger partial charge in [-0.2, -0.15) is 10.4 Å². The number of hydrazone groups is 1. The topological polar surface area (TPSA) is 90.1 Å². The molecular formula is C18H23N5O2S. The third kappa shape index (κ3) is 5.77. The number of nitrogens with one attached hydrogen (secondary N) is 1. The minimum atomic E-state index is 0.0571. The van der Waals surface area contributed by atoms with Gasteiger partial charge in [-0.3, -0.25) is 15.1 Å². The standard InChI is InChI=1S/C18H23N5O2S/c1-25-15-7-5-14(6-8-15)16-9-10-17(24)23(22-16)12-4-3-11-20-18(26-2)21-13-19/h5-8H,3-4,9-12H2,1-2H3,(H,20,21). The molecule has 0 aromatic heterocycles. The summed E-state index contributed by atoms with van der Waals surface area (Å²) in [6.45, 7) is 1.19. The van der Waals surface area contributed by atoms with E-state index in [1.807, 2.05) is 36.7 Å². The van der Waals surface area contributed by atoms with E-state index in [4.69, 9.17) is 10.00 Å². The van der Waals surface area contributed by atoms with Crippen molar-refractivity contribution in [3.05, 3.63) is 29.8 Å². The first kappa shape index (κ1) is 19.8. The second-order valence-corrected chi connectivity index (χ2v) is 6.42. The number of carbonyl (C=O) groups is 1. The highest BCUT2D eigenvalue weighted by molar-refractivity contribution is 8.13. The summed E-state index contributed by atoms with van der Waals surface area (Å²) in [5.41, 5.74) is 1.94. The fraction of sp³-hybridized carbons (Fsp3) is 0.444. The number of nitriles is 1. The lowest BCUT2D eigenvalue weighted by Crippen LogP contribution is -2.32. The van der Waals surface area contributed by atoms with Gasteiger partial charge >= 0.3 is 0 Å². The average molecular weight is 373 g/mol. The van der Waals surface area contributed by atoms with E-state index >= 15 is 0 Å². The van der Waals surface area contributed by atoms with Gasteiger partial charge in [0.2, 0.25) is 5.91 Å². The van der Waals surface area contributed by atoms with Gasteiger partial charge in [-0.05, 0) is 48.9 Å². The number of unbranched alkanes of at least 4 members (excludes halogenated alkanes) is 1. The van der Waals surface area contributed by atoms with Crippen molar-refractivity contribution in [1.82, 2.24) is 10.3 Å². The lowest BCUT2D eigenvalue weighted by Gasteiger charge is -2.23. The summed E-state index contributed by atoms with van der Waals surface area (Å²) in [6.07, 6.45) is 6.50. The number of amides is 1. The van der Waals surface area contributed by atoms with Crippen molar-refractivity contribution in [2.75, 3.05) is 26.5 Å². The Hall–Kier alpha value is -2.53. The Morgan fingerprint density at radius 2 is 2.15 bits per heavy atom. The second-order valence-electron chi connectivity index (χ2n) is 5.63. The van der Waals surface area contributed by atoms with Crippen LogP contribution in [0, 0.1) is 11.5 Å². The first-order valence-electron chi connectivity index (χ1n) is 8.43. The maximum atomic E-state index is 12.1. The lowest BCUT2D eigenvalue weighted by molar-refractivity contribution is -0.131. The van der Waals surface area contributed by atoms with Crippen LogP contribution in [0.3, 0.4) is 0 Å². The molecule has 2 rings (SSSR count). The lowest BCUT2D eigenvalue weighted by atomic mass is 10.0. The number of hydrogen-bond acceptors (Lipinski definition) is 6. The Morgan fingerprint density at radius 3 is 2.81 bits per heavy atom. The maximum Gasteiger partial charge on any atom is 0.243 e. The molecule has 0 saturated heterocycles. The maximum absolute atomic E-state index is 12.1. The number of methoxy groups -OCH3 is 1. The van der Waals surface area contributed by atoms with Crippen LogP contribution in [-0.4, -0.2) is 48.3 Å². The van der Waals surface area contributed by atoms with Crippen molar-refractivity contribution in [3.63, 3.8) is 0 Å². The molecule has 0 radical (unpaired) electrons. The predicted molar refractivity (Wildman–Crippen MR) is 104 cm³/mol. The van der Waals surface area contributed by atoms with Crippen LogP contribution in [-0.2, 0) is 4.79 Å². The van der Waals surface area contributed by atoms with E-state index in [9.17, 15) is 4.79 Å². The number of ether oxygens (including phenoxy) is 1. The molecule has 1 aromatic carbocycles. The van der Waals surface area contributed by atoms with Gasteiger partial charge in [0.25, 0.3) is 0 Å². The molecule has 7 nitrogen and oxygen atoms in total. The van der Waals surface area contributed by atoms with Crippen LogP contribution in [0.15, 0.2) is 34.4 Å². The van der Waals surface area contributed by atoms with Crippen LogP contribution in [0.1, 0.15) is 31.2 Å². The van der Waals surface area contributed by atoms with Gasteiger partial charge in [0.1, 0.15) is 5.75 Å². The molecule has 0 spiro atoms. The number of carbonyl (C=O) groups excluding carboxylic acids is 1. The Morgan fingerprint density at radius 1 is 1.38 bits per heavy atom. The molecule has 26 heavy (non-hydrogen) atoms. The summed E-state index contributed by atoms with van der Waals surface area (Å²) in [5.74, 6) is 0.857. The summed E-state index contributed by atoms with van der Waals surface area (Å²) in [4.78, 5) is 16.4. The number of thioether (sulfide) groups is 1. The van der Waals surface area contributed by atoms with E-state index in [2.05, 4.69) is 15.4 Å². The SMILES string of the molecule is COc1ccc(C2=NN(CCCCN=C(NC#N)SC)C(=O)CC2)cc1. The number of benzene rings is 1. The Balaban J connectivity index is 1.89. The number of nitrogens with zero attached hydrogens (tertiary/aromatic N) is 4. The Kier molecular flexibility index (Phi) is 7.96. The molecule has 8 heteroatoms. The fourth-order valence-electron chi connectivity index (χ4n) is 2.52. The highest BCUT2D eigenvalue weighted by Crippen LogP contribution is 2.18. The van der Waals surface area contributed by atoms with Crippen molar-refractivity contribution >= 4 is 28.5 Å². The van der Waals surface area contributed by atoms with E-state index in [1.54, 1.807) is 12.1 Å². The molecule has 0 unspecified atom stereocenters. The fourth-order valence-corrected chi connectivity index (χ4v) is 2.89. The molecule has 1 aliphatic heterocycles. The van der Waals surface area contributed by atoms with Gasteiger partial charge in [-0.1, -0.05) is 11.8 Å². The normalized spacial score (nSPS) is 14.7. The van der Waals surface area contributed by atoms with E-state index in [0.29, 0.717) is 31.1 Å². The van der Waals surface area contributed by atoms with Crippen LogP contribution in [0.4, 0.5) is 0 Å². The summed E-state index contributed by atoms with van der Waals surface area (Å²) in [6, 6.07) is 7.73. The smallest absolute Gasteiger partial charge is 0.243 e. The summed E-state index contributed by atoms with van der Waals surface area (Å²) < 4.78 is 5.17. The molecule has 1 N–H and O–H groups in total. The van der Waals surface area contributed by atoms with Crippen LogP contribution >= 0.6 is 11.8 Å². The molecular weight excluding hydrogens is 350 g/mol. The van der Waals surface area contributed by atoms with E-state index in [-0.39, 0.29) is 5.91 Å². The van der Waals surface area contributed by atoms with Crippen LogP contribution < -0.4 is 10.1 Å². The Labute approximate surface area is 158 Å². The summed E-state index contributed by atoms with van der Waals surface area (Å²) in [5, 5.41) is 17.8. The van der Waals surface area contributed by atoms with Gasteiger partial charge in [-0.15, -0.1) is 0 Å². The average Bonchev–Trinajstić information content (AvgIpc) is 2.68.